The average molecular weight is 228 g/mol. The van der Waals surface area contributed by atoms with Gasteiger partial charge >= 0.3 is 0 Å². The van der Waals surface area contributed by atoms with E-state index in [9.17, 15) is 0 Å². The molecule has 3 heteroatoms. The lowest BCUT2D eigenvalue weighted by Crippen LogP contribution is -1.84. The Hall–Kier alpha value is 0.270. The predicted molar refractivity (Wildman–Crippen MR) is 66.4 cm³/mol. The van der Waals surface area contributed by atoms with Crippen LogP contribution < -0.4 is 0 Å². The quantitative estimate of drug-likeness (QED) is 0.429. The molecule has 13 heavy (non-hydrogen) atoms. The van der Waals surface area contributed by atoms with Crippen molar-refractivity contribution in [1.29, 1.82) is 0 Å². The highest BCUT2D eigenvalue weighted by Gasteiger charge is 2.21. The van der Waals surface area contributed by atoms with E-state index in [0.29, 0.717) is 0 Å². The van der Waals surface area contributed by atoms with E-state index in [1.807, 2.05) is 21.6 Å². The van der Waals surface area contributed by atoms with Gasteiger partial charge in [0.15, 0.2) is 0 Å². The minimum absolute atomic E-state index is 0.966. The summed E-state index contributed by atoms with van der Waals surface area (Å²) in [5.41, 5.74) is 1.43. The molecule has 0 N–H and O–H groups in total. The summed E-state index contributed by atoms with van der Waals surface area (Å²) < 4.78 is 0. The van der Waals surface area contributed by atoms with E-state index in [4.69, 9.17) is 0 Å². The first kappa shape index (κ1) is 9.81. The van der Waals surface area contributed by atoms with E-state index in [0.717, 1.165) is 11.0 Å². The van der Waals surface area contributed by atoms with Gasteiger partial charge in [0, 0.05) is 22.5 Å². The maximum absolute atomic E-state index is 2.19. The van der Waals surface area contributed by atoms with Gasteiger partial charge in [0.1, 0.15) is 0 Å². The molecule has 1 unspecified atom stereocenters. The molecular weight excluding hydrogens is 216 g/mol. The van der Waals surface area contributed by atoms with Gasteiger partial charge < -0.3 is 0 Å². The molecular formula is C10H12S3. The third-order valence-electron chi connectivity index (χ3n) is 1.81. The van der Waals surface area contributed by atoms with E-state index in [-0.39, 0.29) is 0 Å². The monoisotopic (exact) mass is 228 g/mol. The molecule has 70 valence electrons. The number of thioether (sulfide) groups is 1. The van der Waals surface area contributed by atoms with Crippen molar-refractivity contribution in [2.24, 2.45) is 0 Å². The van der Waals surface area contributed by atoms with E-state index in [1.54, 1.807) is 0 Å². The van der Waals surface area contributed by atoms with Crippen LogP contribution >= 0.6 is 33.3 Å². The summed E-state index contributed by atoms with van der Waals surface area (Å²) >= 11 is 2.08. The summed E-state index contributed by atoms with van der Waals surface area (Å²) in [6, 6.07) is 10.7. The Balaban J connectivity index is 1.61. The highest BCUT2D eigenvalue weighted by Crippen LogP contribution is 2.37. The maximum Gasteiger partial charge on any atom is 0.0288 e. The van der Waals surface area contributed by atoms with Crippen molar-refractivity contribution in [3.63, 3.8) is 0 Å². The number of hydrogen-bond donors (Lipinski definition) is 0. The SMILES string of the molecule is c1ccc(CSSCC2CS2)cc1. The van der Waals surface area contributed by atoms with Gasteiger partial charge in [-0.25, -0.2) is 0 Å². The zero-order chi connectivity index (χ0) is 8.93. The molecule has 0 spiro atoms. The summed E-state index contributed by atoms with van der Waals surface area (Å²) in [6.07, 6.45) is 0. The van der Waals surface area contributed by atoms with Crippen LogP contribution in [0.2, 0.25) is 0 Å². The van der Waals surface area contributed by atoms with Crippen molar-refractivity contribution in [3.05, 3.63) is 35.9 Å². The first-order valence-corrected chi connectivity index (χ1v) is 7.89. The van der Waals surface area contributed by atoms with Crippen molar-refractivity contribution in [3.8, 4) is 0 Å². The summed E-state index contributed by atoms with van der Waals surface area (Å²) in [6.45, 7) is 0. The third-order valence-corrected chi connectivity index (χ3v) is 5.41. The topological polar surface area (TPSA) is 0 Å². The summed E-state index contributed by atoms with van der Waals surface area (Å²) in [5, 5.41) is 0.966. The summed E-state index contributed by atoms with van der Waals surface area (Å²) in [5.74, 6) is 3.85. The van der Waals surface area contributed by atoms with Crippen LogP contribution in [0.3, 0.4) is 0 Å². The number of rotatable bonds is 5. The van der Waals surface area contributed by atoms with Crippen LogP contribution in [-0.4, -0.2) is 16.8 Å². The zero-order valence-corrected chi connectivity index (χ0v) is 9.76. The lowest BCUT2D eigenvalue weighted by molar-refractivity contribution is 1.28. The fraction of sp³-hybridized carbons (Fsp3) is 0.400. The van der Waals surface area contributed by atoms with Crippen LogP contribution in [0.4, 0.5) is 0 Å². The Bertz CT molecular complexity index is 244. The fourth-order valence-corrected chi connectivity index (χ4v) is 4.44. The molecule has 1 fully saturated rings. The first-order valence-electron chi connectivity index (χ1n) is 4.35. The minimum Gasteiger partial charge on any atom is -0.156 e. The molecule has 0 radical (unpaired) electrons. The zero-order valence-electron chi connectivity index (χ0n) is 7.31. The van der Waals surface area contributed by atoms with Crippen molar-refractivity contribution in [1.82, 2.24) is 0 Å². The van der Waals surface area contributed by atoms with Crippen molar-refractivity contribution < 1.29 is 0 Å². The Labute approximate surface area is 91.7 Å². The van der Waals surface area contributed by atoms with Crippen molar-refractivity contribution in [2.45, 2.75) is 11.0 Å². The molecule has 1 aliphatic heterocycles. The smallest absolute Gasteiger partial charge is 0.0288 e. The fourth-order valence-electron chi connectivity index (χ4n) is 0.972. The van der Waals surface area contributed by atoms with Gasteiger partial charge in [0.2, 0.25) is 0 Å². The van der Waals surface area contributed by atoms with Crippen molar-refractivity contribution >= 4 is 33.3 Å². The molecule has 0 aromatic heterocycles. The van der Waals surface area contributed by atoms with E-state index >= 15 is 0 Å². The van der Waals surface area contributed by atoms with Gasteiger partial charge in [-0.3, -0.25) is 0 Å². The molecule has 2 rings (SSSR count). The Morgan fingerprint density at radius 2 is 2.00 bits per heavy atom. The van der Waals surface area contributed by atoms with Crippen molar-refractivity contribution in [2.75, 3.05) is 11.5 Å². The predicted octanol–water partition coefficient (Wildman–Crippen LogP) is 3.68. The normalized spacial score (nSPS) is 20.2. The molecule has 1 heterocycles. The standard InChI is InChI=1S/C10H12S3/c1-2-4-9(5-3-1)6-12-13-8-10-7-11-10/h1-5,10H,6-8H2. The molecule has 0 nitrogen and oxygen atoms in total. The molecule has 1 aromatic carbocycles. The van der Waals surface area contributed by atoms with Gasteiger partial charge in [-0.05, 0) is 5.56 Å². The van der Waals surface area contributed by atoms with Crippen LogP contribution in [0, 0.1) is 0 Å². The third kappa shape index (κ3) is 3.88. The second kappa shape index (κ2) is 5.23. The minimum atomic E-state index is 0.966. The first-order chi connectivity index (χ1) is 6.45. The van der Waals surface area contributed by atoms with E-state index < -0.39 is 0 Å². The van der Waals surface area contributed by atoms with Gasteiger partial charge in [-0.1, -0.05) is 51.9 Å². The Morgan fingerprint density at radius 1 is 1.23 bits per heavy atom. The lowest BCUT2D eigenvalue weighted by Gasteiger charge is -1.99. The van der Waals surface area contributed by atoms with E-state index in [1.165, 1.54) is 17.1 Å². The lowest BCUT2D eigenvalue weighted by atomic mass is 10.2. The van der Waals surface area contributed by atoms with Gasteiger partial charge in [0.25, 0.3) is 0 Å². The number of benzene rings is 1. The highest BCUT2D eigenvalue weighted by molar-refractivity contribution is 8.76. The maximum atomic E-state index is 2.19. The molecule has 1 saturated heterocycles. The second-order valence-electron chi connectivity index (χ2n) is 2.99. The highest BCUT2D eigenvalue weighted by atomic mass is 33.1. The van der Waals surface area contributed by atoms with Crippen LogP contribution in [0.25, 0.3) is 0 Å². The van der Waals surface area contributed by atoms with Gasteiger partial charge in [-0.2, -0.15) is 11.8 Å². The molecule has 1 atom stereocenters. The Morgan fingerprint density at radius 3 is 2.69 bits per heavy atom. The van der Waals surface area contributed by atoms with Crippen LogP contribution in [0.5, 0.6) is 0 Å². The van der Waals surface area contributed by atoms with Gasteiger partial charge in [-0.15, -0.1) is 0 Å². The largest absolute Gasteiger partial charge is 0.156 e. The molecule has 1 aromatic rings. The number of hydrogen-bond acceptors (Lipinski definition) is 3. The van der Waals surface area contributed by atoms with E-state index in [2.05, 4.69) is 42.1 Å². The van der Waals surface area contributed by atoms with Crippen LogP contribution in [-0.2, 0) is 5.75 Å². The summed E-state index contributed by atoms with van der Waals surface area (Å²) in [4.78, 5) is 0. The molecule has 0 aliphatic carbocycles. The van der Waals surface area contributed by atoms with Crippen LogP contribution in [0.1, 0.15) is 5.56 Å². The molecule has 0 bridgehead atoms. The molecule has 0 amide bonds. The van der Waals surface area contributed by atoms with Gasteiger partial charge in [0.05, 0.1) is 0 Å². The summed E-state index contributed by atoms with van der Waals surface area (Å²) in [7, 11) is 3.99. The molecule has 0 saturated carbocycles. The molecule has 1 aliphatic rings. The second-order valence-corrected chi connectivity index (χ2v) is 6.83. The Kier molecular flexibility index (Phi) is 3.94. The van der Waals surface area contributed by atoms with Crippen LogP contribution in [0.15, 0.2) is 30.3 Å². The average Bonchev–Trinajstić information content (AvgIpc) is 2.98.